The van der Waals surface area contributed by atoms with Gasteiger partial charge in [0.25, 0.3) is 0 Å². The molecule has 1 aromatic rings. The van der Waals surface area contributed by atoms with E-state index in [0.717, 1.165) is 26.2 Å². The molecular formula is C10H18N4. The summed E-state index contributed by atoms with van der Waals surface area (Å²) in [5.74, 6) is 0. The maximum atomic E-state index is 4.26. The molecule has 0 amide bonds. The van der Waals surface area contributed by atoms with Crippen molar-refractivity contribution in [2.24, 2.45) is 0 Å². The molecule has 1 aliphatic heterocycles. The van der Waals surface area contributed by atoms with Gasteiger partial charge in [0, 0.05) is 31.9 Å². The zero-order valence-electron chi connectivity index (χ0n) is 8.90. The molecule has 1 N–H and O–H groups in total. The summed E-state index contributed by atoms with van der Waals surface area (Å²) < 4.78 is 2.10. The first kappa shape index (κ1) is 9.68. The summed E-state index contributed by atoms with van der Waals surface area (Å²) in [4.78, 5) is 2.47. The molecule has 1 atom stereocenters. The molecule has 1 aliphatic rings. The molecular weight excluding hydrogens is 176 g/mol. The third-order valence-corrected chi connectivity index (χ3v) is 2.84. The average molecular weight is 194 g/mol. The highest BCUT2D eigenvalue weighted by Crippen LogP contribution is 2.10. The van der Waals surface area contributed by atoms with Crippen molar-refractivity contribution < 1.29 is 0 Å². The topological polar surface area (TPSA) is 33.1 Å². The van der Waals surface area contributed by atoms with Gasteiger partial charge < -0.3 is 5.32 Å². The van der Waals surface area contributed by atoms with E-state index in [1.807, 2.05) is 13.2 Å². The van der Waals surface area contributed by atoms with Crippen LogP contribution in [0.25, 0.3) is 0 Å². The fourth-order valence-corrected chi connectivity index (χ4v) is 1.87. The second-order valence-corrected chi connectivity index (χ2v) is 3.97. The molecule has 0 fully saturated rings. The summed E-state index contributed by atoms with van der Waals surface area (Å²) in [7, 11) is 2.01. The maximum Gasteiger partial charge on any atom is 0.0540 e. The van der Waals surface area contributed by atoms with Crippen molar-refractivity contribution in [3.63, 3.8) is 0 Å². The van der Waals surface area contributed by atoms with Gasteiger partial charge in [0.2, 0.25) is 0 Å². The Morgan fingerprint density at radius 3 is 3.21 bits per heavy atom. The number of rotatable bonds is 3. The van der Waals surface area contributed by atoms with Crippen molar-refractivity contribution >= 4 is 0 Å². The lowest BCUT2D eigenvalue weighted by Crippen LogP contribution is -2.41. The van der Waals surface area contributed by atoms with Crippen LogP contribution in [0.5, 0.6) is 0 Å². The molecule has 78 valence electrons. The van der Waals surface area contributed by atoms with Gasteiger partial charge in [0.15, 0.2) is 0 Å². The number of hydrogen-bond acceptors (Lipinski definition) is 3. The van der Waals surface area contributed by atoms with Crippen LogP contribution in [0.2, 0.25) is 0 Å². The van der Waals surface area contributed by atoms with Crippen molar-refractivity contribution in [3.05, 3.63) is 18.0 Å². The molecule has 0 aromatic carbocycles. The predicted octanol–water partition coefficient (Wildman–Crippen LogP) is 0.307. The van der Waals surface area contributed by atoms with E-state index >= 15 is 0 Å². The van der Waals surface area contributed by atoms with Crippen LogP contribution < -0.4 is 5.32 Å². The number of hydrogen-bond donors (Lipinski definition) is 1. The molecule has 4 nitrogen and oxygen atoms in total. The van der Waals surface area contributed by atoms with Gasteiger partial charge in [-0.15, -0.1) is 0 Å². The Morgan fingerprint density at radius 2 is 2.43 bits per heavy atom. The van der Waals surface area contributed by atoms with Crippen LogP contribution in [0.4, 0.5) is 0 Å². The quantitative estimate of drug-likeness (QED) is 0.751. The Balaban J connectivity index is 1.94. The second kappa shape index (κ2) is 4.11. The average Bonchev–Trinajstić information content (AvgIpc) is 2.64. The first-order valence-corrected chi connectivity index (χ1v) is 5.20. The van der Waals surface area contributed by atoms with E-state index in [9.17, 15) is 0 Å². The molecule has 0 unspecified atom stereocenters. The van der Waals surface area contributed by atoms with E-state index in [1.54, 1.807) is 0 Å². The van der Waals surface area contributed by atoms with Crippen LogP contribution in [0.15, 0.2) is 12.3 Å². The maximum absolute atomic E-state index is 4.26. The van der Waals surface area contributed by atoms with Crippen LogP contribution in [0, 0.1) is 0 Å². The minimum absolute atomic E-state index is 0.560. The summed E-state index contributed by atoms with van der Waals surface area (Å²) in [6, 6.07) is 2.67. The van der Waals surface area contributed by atoms with E-state index < -0.39 is 0 Å². The van der Waals surface area contributed by atoms with Crippen molar-refractivity contribution in [2.75, 3.05) is 20.1 Å². The molecule has 0 aliphatic carbocycles. The molecule has 14 heavy (non-hydrogen) atoms. The fraction of sp³-hybridized carbons (Fsp3) is 0.700. The summed E-state index contributed by atoms with van der Waals surface area (Å²) in [5, 5.41) is 7.53. The van der Waals surface area contributed by atoms with E-state index in [2.05, 4.69) is 33.0 Å². The molecule has 0 saturated carbocycles. The summed E-state index contributed by atoms with van der Waals surface area (Å²) in [6.45, 7) is 6.50. The van der Waals surface area contributed by atoms with E-state index in [-0.39, 0.29) is 0 Å². The Hall–Kier alpha value is -0.870. The summed E-state index contributed by atoms with van der Waals surface area (Å²) >= 11 is 0. The van der Waals surface area contributed by atoms with Gasteiger partial charge in [-0.25, -0.2) is 0 Å². The highest BCUT2D eigenvalue weighted by atomic mass is 15.3. The second-order valence-electron chi connectivity index (χ2n) is 3.97. The minimum atomic E-state index is 0.560. The normalized spacial score (nSPS) is 19.3. The lowest BCUT2D eigenvalue weighted by Gasteiger charge is -2.29. The summed E-state index contributed by atoms with van der Waals surface area (Å²) in [5.41, 5.74) is 1.33. The van der Waals surface area contributed by atoms with Crippen LogP contribution in [-0.2, 0) is 13.1 Å². The van der Waals surface area contributed by atoms with Crippen LogP contribution in [0.1, 0.15) is 12.6 Å². The fourth-order valence-electron chi connectivity index (χ4n) is 1.87. The van der Waals surface area contributed by atoms with Crippen molar-refractivity contribution in [2.45, 2.75) is 26.1 Å². The van der Waals surface area contributed by atoms with E-state index in [0.29, 0.717) is 6.04 Å². The SMILES string of the molecule is CN[C@H](C)CN1CCn2nccc2C1. The molecule has 0 bridgehead atoms. The third kappa shape index (κ3) is 1.96. The van der Waals surface area contributed by atoms with Crippen LogP contribution >= 0.6 is 0 Å². The monoisotopic (exact) mass is 194 g/mol. The first-order valence-electron chi connectivity index (χ1n) is 5.20. The molecule has 2 rings (SSSR count). The number of aromatic nitrogens is 2. The van der Waals surface area contributed by atoms with Gasteiger partial charge in [0.05, 0.1) is 12.2 Å². The molecule has 2 heterocycles. The standard InChI is InChI=1S/C10H18N4/c1-9(11-2)7-13-5-6-14-10(8-13)3-4-12-14/h3-4,9,11H,5-8H2,1-2H3/t9-/m1/s1. The van der Waals surface area contributed by atoms with Crippen molar-refractivity contribution in [1.82, 2.24) is 20.0 Å². The Kier molecular flexibility index (Phi) is 2.84. The number of fused-ring (bicyclic) bond motifs is 1. The lowest BCUT2D eigenvalue weighted by atomic mass is 10.2. The van der Waals surface area contributed by atoms with Crippen molar-refractivity contribution in [3.8, 4) is 0 Å². The number of nitrogens with zero attached hydrogens (tertiary/aromatic N) is 3. The van der Waals surface area contributed by atoms with Gasteiger partial charge in [-0.2, -0.15) is 5.10 Å². The highest BCUT2D eigenvalue weighted by Gasteiger charge is 2.17. The lowest BCUT2D eigenvalue weighted by molar-refractivity contribution is 0.198. The van der Waals surface area contributed by atoms with Gasteiger partial charge >= 0.3 is 0 Å². The van der Waals surface area contributed by atoms with Crippen LogP contribution in [0.3, 0.4) is 0 Å². The number of likely N-dealkylation sites (N-methyl/N-ethyl adjacent to an activating group) is 1. The molecule has 4 heteroatoms. The predicted molar refractivity (Wildman–Crippen MR) is 56.0 cm³/mol. The molecule has 0 saturated heterocycles. The minimum Gasteiger partial charge on any atom is -0.316 e. The van der Waals surface area contributed by atoms with Gasteiger partial charge in [-0.3, -0.25) is 9.58 Å². The molecule has 0 radical (unpaired) electrons. The van der Waals surface area contributed by atoms with Crippen LogP contribution in [-0.4, -0.2) is 40.9 Å². The zero-order chi connectivity index (χ0) is 9.97. The zero-order valence-corrected chi connectivity index (χ0v) is 8.90. The van der Waals surface area contributed by atoms with Gasteiger partial charge in [0.1, 0.15) is 0 Å². The Bertz CT molecular complexity index is 294. The largest absolute Gasteiger partial charge is 0.316 e. The molecule has 0 spiro atoms. The highest BCUT2D eigenvalue weighted by molar-refractivity contribution is 5.02. The molecule has 1 aromatic heterocycles. The Labute approximate surface area is 84.9 Å². The summed E-state index contributed by atoms with van der Waals surface area (Å²) in [6.07, 6.45) is 1.89. The first-order chi connectivity index (χ1) is 6.79. The van der Waals surface area contributed by atoms with E-state index in [4.69, 9.17) is 0 Å². The smallest absolute Gasteiger partial charge is 0.0540 e. The Morgan fingerprint density at radius 1 is 1.57 bits per heavy atom. The van der Waals surface area contributed by atoms with Gasteiger partial charge in [-0.1, -0.05) is 0 Å². The van der Waals surface area contributed by atoms with E-state index in [1.165, 1.54) is 5.69 Å². The van der Waals surface area contributed by atoms with Gasteiger partial charge in [-0.05, 0) is 20.0 Å². The van der Waals surface area contributed by atoms with Crippen molar-refractivity contribution in [1.29, 1.82) is 0 Å². The number of nitrogens with one attached hydrogen (secondary N) is 1. The third-order valence-electron chi connectivity index (χ3n) is 2.84.